The SMILES string of the molecule is COc1ccc(CC2CN(CCCSC)CCO2)cc1. The molecule has 0 spiro atoms. The summed E-state index contributed by atoms with van der Waals surface area (Å²) in [5.41, 5.74) is 1.32. The first kappa shape index (κ1) is 15.7. The Kier molecular flexibility index (Phi) is 6.70. The van der Waals surface area contributed by atoms with E-state index in [4.69, 9.17) is 9.47 Å². The molecule has 0 amide bonds. The van der Waals surface area contributed by atoms with Crippen molar-refractivity contribution >= 4 is 11.8 Å². The highest BCUT2D eigenvalue weighted by Crippen LogP contribution is 2.16. The van der Waals surface area contributed by atoms with Gasteiger partial charge in [0.2, 0.25) is 0 Å². The lowest BCUT2D eigenvalue weighted by Gasteiger charge is -2.33. The van der Waals surface area contributed by atoms with Crippen LogP contribution in [0.25, 0.3) is 0 Å². The molecule has 1 aromatic carbocycles. The third-order valence-corrected chi connectivity index (χ3v) is 4.37. The summed E-state index contributed by atoms with van der Waals surface area (Å²) in [5, 5.41) is 0. The highest BCUT2D eigenvalue weighted by molar-refractivity contribution is 7.98. The zero-order valence-electron chi connectivity index (χ0n) is 12.5. The van der Waals surface area contributed by atoms with Crippen molar-refractivity contribution in [1.82, 2.24) is 4.90 Å². The number of methoxy groups -OCH3 is 1. The standard InChI is InChI=1S/C16H25NO2S/c1-18-15-6-4-14(5-7-15)12-16-13-17(9-10-19-16)8-3-11-20-2/h4-7,16H,3,8-13H2,1-2H3. The Labute approximate surface area is 126 Å². The minimum absolute atomic E-state index is 0.325. The van der Waals surface area contributed by atoms with E-state index in [2.05, 4.69) is 23.3 Å². The number of hydrogen-bond donors (Lipinski definition) is 0. The lowest BCUT2D eigenvalue weighted by Crippen LogP contribution is -2.43. The van der Waals surface area contributed by atoms with E-state index in [1.165, 1.54) is 24.3 Å². The molecule has 3 nitrogen and oxygen atoms in total. The van der Waals surface area contributed by atoms with Crippen molar-refractivity contribution in [2.45, 2.75) is 18.9 Å². The van der Waals surface area contributed by atoms with Gasteiger partial charge in [-0.05, 0) is 49.1 Å². The molecule has 1 aliphatic rings. The van der Waals surface area contributed by atoms with Crippen molar-refractivity contribution in [2.24, 2.45) is 0 Å². The third-order valence-electron chi connectivity index (χ3n) is 3.67. The predicted molar refractivity (Wildman–Crippen MR) is 85.9 cm³/mol. The van der Waals surface area contributed by atoms with Gasteiger partial charge in [-0.2, -0.15) is 11.8 Å². The van der Waals surface area contributed by atoms with Crippen molar-refractivity contribution in [3.05, 3.63) is 29.8 Å². The molecule has 1 aromatic rings. The van der Waals surface area contributed by atoms with Gasteiger partial charge in [-0.1, -0.05) is 12.1 Å². The van der Waals surface area contributed by atoms with Crippen molar-refractivity contribution in [2.75, 3.05) is 45.4 Å². The molecule has 4 heteroatoms. The zero-order chi connectivity index (χ0) is 14.2. The second-order valence-corrected chi connectivity index (χ2v) is 6.18. The predicted octanol–water partition coefficient (Wildman–Crippen LogP) is 2.69. The van der Waals surface area contributed by atoms with Crippen LogP contribution in [0.4, 0.5) is 0 Å². The van der Waals surface area contributed by atoms with Crippen LogP contribution in [-0.4, -0.2) is 56.4 Å². The van der Waals surface area contributed by atoms with Gasteiger partial charge in [-0.3, -0.25) is 4.90 Å². The van der Waals surface area contributed by atoms with Gasteiger partial charge in [0.1, 0.15) is 5.75 Å². The van der Waals surface area contributed by atoms with Crippen LogP contribution in [0.5, 0.6) is 5.75 Å². The van der Waals surface area contributed by atoms with Gasteiger partial charge >= 0.3 is 0 Å². The molecular formula is C16H25NO2S. The molecule has 2 rings (SSSR count). The van der Waals surface area contributed by atoms with Crippen LogP contribution in [0.3, 0.4) is 0 Å². The normalized spacial score (nSPS) is 20.0. The first-order valence-electron chi connectivity index (χ1n) is 7.27. The molecule has 0 aliphatic carbocycles. The molecule has 1 unspecified atom stereocenters. The monoisotopic (exact) mass is 295 g/mol. The summed E-state index contributed by atoms with van der Waals surface area (Å²) in [6.45, 7) is 4.19. The maximum absolute atomic E-state index is 5.90. The topological polar surface area (TPSA) is 21.7 Å². The number of morpholine rings is 1. The second kappa shape index (κ2) is 8.55. The fourth-order valence-electron chi connectivity index (χ4n) is 2.56. The average molecular weight is 295 g/mol. The maximum atomic E-state index is 5.90. The van der Waals surface area contributed by atoms with Crippen molar-refractivity contribution in [1.29, 1.82) is 0 Å². The summed E-state index contributed by atoms with van der Waals surface area (Å²) in [5.74, 6) is 2.16. The molecule has 0 bridgehead atoms. The van der Waals surface area contributed by atoms with E-state index in [9.17, 15) is 0 Å². The highest BCUT2D eigenvalue weighted by Gasteiger charge is 2.20. The first-order valence-corrected chi connectivity index (χ1v) is 8.67. The van der Waals surface area contributed by atoms with Crippen LogP contribution in [-0.2, 0) is 11.2 Å². The van der Waals surface area contributed by atoms with Crippen LogP contribution in [0.1, 0.15) is 12.0 Å². The summed E-state index contributed by atoms with van der Waals surface area (Å²) < 4.78 is 11.1. The molecule has 1 fully saturated rings. The average Bonchev–Trinajstić information content (AvgIpc) is 2.49. The van der Waals surface area contributed by atoms with E-state index in [1.807, 2.05) is 23.9 Å². The Morgan fingerprint density at radius 3 is 2.85 bits per heavy atom. The summed E-state index contributed by atoms with van der Waals surface area (Å²) in [7, 11) is 1.70. The van der Waals surface area contributed by atoms with E-state index in [1.54, 1.807) is 7.11 Å². The van der Waals surface area contributed by atoms with Gasteiger partial charge in [0, 0.05) is 13.1 Å². The Morgan fingerprint density at radius 2 is 2.15 bits per heavy atom. The molecule has 0 radical (unpaired) electrons. The van der Waals surface area contributed by atoms with Crippen molar-refractivity contribution in [3.63, 3.8) is 0 Å². The van der Waals surface area contributed by atoms with Crippen LogP contribution < -0.4 is 4.74 Å². The smallest absolute Gasteiger partial charge is 0.118 e. The molecule has 1 atom stereocenters. The lowest BCUT2D eigenvalue weighted by atomic mass is 10.1. The molecule has 112 valence electrons. The zero-order valence-corrected chi connectivity index (χ0v) is 13.3. The van der Waals surface area contributed by atoms with Gasteiger partial charge < -0.3 is 9.47 Å². The number of ether oxygens (including phenoxy) is 2. The Bertz CT molecular complexity index is 383. The molecule has 20 heavy (non-hydrogen) atoms. The molecule has 1 saturated heterocycles. The van der Waals surface area contributed by atoms with E-state index in [0.29, 0.717) is 6.10 Å². The molecule has 0 aromatic heterocycles. The van der Waals surface area contributed by atoms with E-state index in [-0.39, 0.29) is 0 Å². The second-order valence-electron chi connectivity index (χ2n) is 5.19. The van der Waals surface area contributed by atoms with Gasteiger partial charge in [0.25, 0.3) is 0 Å². The van der Waals surface area contributed by atoms with Crippen LogP contribution in [0.15, 0.2) is 24.3 Å². The Morgan fingerprint density at radius 1 is 1.35 bits per heavy atom. The molecule has 1 aliphatic heterocycles. The minimum Gasteiger partial charge on any atom is -0.497 e. The first-order chi connectivity index (χ1) is 9.81. The number of rotatable bonds is 7. The molecule has 0 saturated carbocycles. The fraction of sp³-hybridized carbons (Fsp3) is 0.625. The van der Waals surface area contributed by atoms with Crippen molar-refractivity contribution < 1.29 is 9.47 Å². The molecular weight excluding hydrogens is 270 g/mol. The quantitative estimate of drug-likeness (QED) is 0.721. The number of thioether (sulfide) groups is 1. The largest absolute Gasteiger partial charge is 0.497 e. The maximum Gasteiger partial charge on any atom is 0.118 e. The fourth-order valence-corrected chi connectivity index (χ4v) is 2.98. The Balaban J connectivity index is 1.79. The summed E-state index contributed by atoms with van der Waals surface area (Å²) in [4.78, 5) is 2.54. The number of benzene rings is 1. The van der Waals surface area contributed by atoms with Crippen molar-refractivity contribution in [3.8, 4) is 5.75 Å². The third kappa shape index (κ3) is 5.00. The highest BCUT2D eigenvalue weighted by atomic mass is 32.2. The minimum atomic E-state index is 0.325. The Hall–Kier alpha value is -0.710. The summed E-state index contributed by atoms with van der Waals surface area (Å²) >= 11 is 1.93. The van der Waals surface area contributed by atoms with Gasteiger partial charge in [0.05, 0.1) is 19.8 Å². The molecule has 1 heterocycles. The number of nitrogens with zero attached hydrogens (tertiary/aromatic N) is 1. The van der Waals surface area contributed by atoms with Crippen LogP contribution >= 0.6 is 11.8 Å². The van der Waals surface area contributed by atoms with Gasteiger partial charge in [-0.15, -0.1) is 0 Å². The summed E-state index contributed by atoms with van der Waals surface area (Å²) in [6.07, 6.45) is 4.76. The number of hydrogen-bond acceptors (Lipinski definition) is 4. The lowest BCUT2D eigenvalue weighted by molar-refractivity contribution is -0.0273. The summed E-state index contributed by atoms with van der Waals surface area (Å²) in [6, 6.07) is 8.31. The van der Waals surface area contributed by atoms with Gasteiger partial charge in [0.15, 0.2) is 0 Å². The van der Waals surface area contributed by atoms with Crippen LogP contribution in [0.2, 0.25) is 0 Å². The van der Waals surface area contributed by atoms with E-state index in [0.717, 1.165) is 31.9 Å². The van der Waals surface area contributed by atoms with E-state index >= 15 is 0 Å². The molecule has 0 N–H and O–H groups in total. The van der Waals surface area contributed by atoms with Crippen LogP contribution in [0, 0.1) is 0 Å². The van der Waals surface area contributed by atoms with E-state index < -0.39 is 0 Å². The van der Waals surface area contributed by atoms with Gasteiger partial charge in [-0.25, -0.2) is 0 Å².